The number of likely N-dealkylation sites (tertiary alicyclic amines) is 1. The maximum absolute atomic E-state index is 11.6. The minimum Gasteiger partial charge on any atom is -0.381 e. The Labute approximate surface area is 89.4 Å². The number of hydrogen-bond donors (Lipinski definition) is 0. The van der Waals surface area contributed by atoms with Gasteiger partial charge in [0.1, 0.15) is 5.38 Å². The fourth-order valence-electron chi connectivity index (χ4n) is 2.31. The van der Waals surface area contributed by atoms with E-state index < -0.39 is 5.38 Å². The lowest BCUT2D eigenvalue weighted by molar-refractivity contribution is -0.132. The number of hydrogen-bond acceptors (Lipinski definition) is 2. The van der Waals surface area contributed by atoms with Gasteiger partial charge in [-0.3, -0.25) is 4.79 Å². The van der Waals surface area contributed by atoms with Crippen molar-refractivity contribution in [2.75, 3.05) is 26.3 Å². The normalized spacial score (nSPS) is 34.0. The van der Waals surface area contributed by atoms with E-state index in [1.54, 1.807) is 6.92 Å². The molecular formula is C10H16ClNO2. The quantitative estimate of drug-likeness (QED) is 0.616. The third-order valence-corrected chi connectivity index (χ3v) is 3.39. The number of alkyl halides is 1. The summed E-state index contributed by atoms with van der Waals surface area (Å²) in [7, 11) is 0. The molecule has 0 N–H and O–H groups in total. The molecule has 80 valence electrons. The molecule has 0 aromatic heterocycles. The molecule has 3 nitrogen and oxygen atoms in total. The van der Waals surface area contributed by atoms with E-state index in [9.17, 15) is 4.79 Å². The monoisotopic (exact) mass is 217 g/mol. The average Bonchev–Trinajstić information content (AvgIpc) is 2.62. The SMILES string of the molecule is C[C@H](Cl)C(=O)N1CC[C@H]2COC[C@H]2C1. The molecule has 0 bridgehead atoms. The van der Waals surface area contributed by atoms with E-state index in [1.165, 1.54) is 0 Å². The molecule has 3 atom stereocenters. The third-order valence-electron chi connectivity index (χ3n) is 3.21. The number of nitrogens with zero attached hydrogens (tertiary/aromatic N) is 1. The van der Waals surface area contributed by atoms with Crippen LogP contribution in [0.5, 0.6) is 0 Å². The summed E-state index contributed by atoms with van der Waals surface area (Å²) in [6.07, 6.45) is 1.07. The van der Waals surface area contributed by atoms with E-state index in [0.717, 1.165) is 32.7 Å². The molecule has 1 amide bonds. The minimum absolute atomic E-state index is 0.0667. The van der Waals surface area contributed by atoms with Gasteiger partial charge < -0.3 is 9.64 Å². The van der Waals surface area contributed by atoms with Crippen molar-refractivity contribution in [1.82, 2.24) is 4.90 Å². The van der Waals surface area contributed by atoms with Crippen molar-refractivity contribution in [3.8, 4) is 0 Å². The fraction of sp³-hybridized carbons (Fsp3) is 0.900. The topological polar surface area (TPSA) is 29.5 Å². The highest BCUT2D eigenvalue weighted by Crippen LogP contribution is 2.29. The summed E-state index contributed by atoms with van der Waals surface area (Å²) in [6.45, 7) is 5.11. The molecular weight excluding hydrogens is 202 g/mol. The summed E-state index contributed by atoms with van der Waals surface area (Å²) < 4.78 is 5.41. The lowest BCUT2D eigenvalue weighted by atomic mass is 9.88. The first-order valence-electron chi connectivity index (χ1n) is 5.19. The Morgan fingerprint density at radius 2 is 2.21 bits per heavy atom. The van der Waals surface area contributed by atoms with Crippen LogP contribution in [0.4, 0.5) is 0 Å². The number of carbonyl (C=O) groups is 1. The van der Waals surface area contributed by atoms with Crippen LogP contribution in [0.2, 0.25) is 0 Å². The van der Waals surface area contributed by atoms with E-state index in [0.29, 0.717) is 11.8 Å². The number of rotatable bonds is 1. The summed E-state index contributed by atoms with van der Waals surface area (Å²) in [6, 6.07) is 0. The van der Waals surface area contributed by atoms with Crippen molar-refractivity contribution in [3.63, 3.8) is 0 Å². The van der Waals surface area contributed by atoms with Crippen LogP contribution in [0.25, 0.3) is 0 Å². The van der Waals surface area contributed by atoms with Gasteiger partial charge in [0.15, 0.2) is 0 Å². The van der Waals surface area contributed by atoms with Gasteiger partial charge in [0.2, 0.25) is 5.91 Å². The van der Waals surface area contributed by atoms with Crippen LogP contribution in [0.15, 0.2) is 0 Å². The summed E-state index contributed by atoms with van der Waals surface area (Å²) in [5, 5.41) is -0.395. The first kappa shape index (κ1) is 10.2. The Hall–Kier alpha value is -0.280. The molecule has 0 aliphatic carbocycles. The third kappa shape index (κ3) is 1.89. The lowest BCUT2D eigenvalue weighted by Gasteiger charge is -2.34. The van der Waals surface area contributed by atoms with Gasteiger partial charge in [-0.1, -0.05) is 0 Å². The van der Waals surface area contributed by atoms with Crippen molar-refractivity contribution in [3.05, 3.63) is 0 Å². The van der Waals surface area contributed by atoms with Crippen LogP contribution >= 0.6 is 11.6 Å². The Balaban J connectivity index is 1.94. The average molecular weight is 218 g/mol. The van der Waals surface area contributed by atoms with Crippen LogP contribution in [0.3, 0.4) is 0 Å². The molecule has 0 aromatic carbocycles. The highest BCUT2D eigenvalue weighted by atomic mass is 35.5. The van der Waals surface area contributed by atoms with Gasteiger partial charge in [-0.15, -0.1) is 11.6 Å². The lowest BCUT2D eigenvalue weighted by Crippen LogP contribution is -2.45. The number of amides is 1. The molecule has 2 aliphatic heterocycles. The van der Waals surface area contributed by atoms with Crippen LogP contribution in [0, 0.1) is 11.8 Å². The van der Waals surface area contributed by atoms with Crippen LogP contribution in [-0.4, -0.2) is 42.5 Å². The molecule has 0 aromatic rings. The van der Waals surface area contributed by atoms with Crippen LogP contribution in [-0.2, 0) is 9.53 Å². The molecule has 0 saturated carbocycles. The maximum atomic E-state index is 11.6. The zero-order chi connectivity index (χ0) is 10.1. The van der Waals surface area contributed by atoms with Gasteiger partial charge in [0.05, 0.1) is 6.61 Å². The number of halogens is 1. The standard InChI is InChI=1S/C10H16ClNO2/c1-7(11)10(13)12-3-2-8-5-14-6-9(8)4-12/h7-9H,2-6H2,1H3/t7-,8-,9+/m0/s1. The van der Waals surface area contributed by atoms with Crippen molar-refractivity contribution < 1.29 is 9.53 Å². The van der Waals surface area contributed by atoms with Crippen molar-refractivity contribution in [2.24, 2.45) is 11.8 Å². The zero-order valence-corrected chi connectivity index (χ0v) is 9.17. The molecule has 14 heavy (non-hydrogen) atoms. The summed E-state index contributed by atoms with van der Waals surface area (Å²) >= 11 is 5.78. The Morgan fingerprint density at radius 1 is 1.50 bits per heavy atom. The van der Waals surface area contributed by atoms with E-state index in [-0.39, 0.29) is 5.91 Å². The molecule has 2 fully saturated rings. The second-order valence-electron chi connectivity index (χ2n) is 4.25. The Bertz CT molecular complexity index is 232. The van der Waals surface area contributed by atoms with E-state index in [4.69, 9.17) is 16.3 Å². The highest BCUT2D eigenvalue weighted by Gasteiger charge is 2.35. The van der Waals surface area contributed by atoms with Gasteiger partial charge in [-0.2, -0.15) is 0 Å². The minimum atomic E-state index is -0.395. The second kappa shape index (κ2) is 4.07. The number of piperidine rings is 1. The molecule has 4 heteroatoms. The highest BCUT2D eigenvalue weighted by molar-refractivity contribution is 6.30. The van der Waals surface area contributed by atoms with Crippen molar-refractivity contribution >= 4 is 17.5 Å². The number of fused-ring (bicyclic) bond motifs is 1. The molecule has 0 unspecified atom stereocenters. The smallest absolute Gasteiger partial charge is 0.240 e. The van der Waals surface area contributed by atoms with Gasteiger partial charge >= 0.3 is 0 Å². The largest absolute Gasteiger partial charge is 0.381 e. The molecule has 2 rings (SSSR count). The first-order valence-corrected chi connectivity index (χ1v) is 5.62. The van der Waals surface area contributed by atoms with Crippen LogP contribution < -0.4 is 0 Å². The zero-order valence-electron chi connectivity index (χ0n) is 8.41. The number of ether oxygens (including phenoxy) is 1. The van der Waals surface area contributed by atoms with E-state index >= 15 is 0 Å². The Morgan fingerprint density at radius 3 is 2.93 bits per heavy atom. The number of carbonyl (C=O) groups excluding carboxylic acids is 1. The van der Waals surface area contributed by atoms with E-state index in [1.807, 2.05) is 4.90 Å². The molecule has 2 heterocycles. The predicted octanol–water partition coefficient (Wildman–Crippen LogP) is 1.11. The predicted molar refractivity (Wildman–Crippen MR) is 54.3 cm³/mol. The van der Waals surface area contributed by atoms with E-state index in [2.05, 4.69) is 0 Å². The molecule has 0 radical (unpaired) electrons. The molecule has 2 saturated heterocycles. The maximum Gasteiger partial charge on any atom is 0.240 e. The van der Waals surface area contributed by atoms with Crippen molar-refractivity contribution in [2.45, 2.75) is 18.7 Å². The van der Waals surface area contributed by atoms with Gasteiger partial charge in [-0.25, -0.2) is 0 Å². The summed E-state index contributed by atoms with van der Waals surface area (Å²) in [4.78, 5) is 13.5. The first-order chi connectivity index (χ1) is 6.68. The molecule has 0 spiro atoms. The van der Waals surface area contributed by atoms with Crippen LogP contribution in [0.1, 0.15) is 13.3 Å². The summed E-state index contributed by atoms with van der Waals surface area (Å²) in [5.41, 5.74) is 0. The fourth-order valence-corrected chi connectivity index (χ4v) is 2.45. The van der Waals surface area contributed by atoms with Gasteiger partial charge in [0.25, 0.3) is 0 Å². The second-order valence-corrected chi connectivity index (χ2v) is 4.90. The Kier molecular flexibility index (Phi) is 2.98. The van der Waals surface area contributed by atoms with Crippen molar-refractivity contribution in [1.29, 1.82) is 0 Å². The molecule has 2 aliphatic rings. The summed E-state index contributed by atoms with van der Waals surface area (Å²) in [5.74, 6) is 1.28. The van der Waals surface area contributed by atoms with Gasteiger partial charge in [0, 0.05) is 25.6 Å². The van der Waals surface area contributed by atoms with Gasteiger partial charge in [-0.05, 0) is 19.3 Å².